The van der Waals surface area contributed by atoms with Crippen LogP contribution in [0.25, 0.3) is 0 Å². The molecule has 2 heterocycles. The molecule has 1 fully saturated rings. The number of amides is 1. The lowest BCUT2D eigenvalue weighted by molar-refractivity contribution is -0.196. The van der Waals surface area contributed by atoms with Gasteiger partial charge in [0.25, 0.3) is 11.5 Å². The molecule has 0 N–H and O–H groups in total. The third-order valence-electron chi connectivity index (χ3n) is 2.80. The molecule has 0 bridgehead atoms. The first-order chi connectivity index (χ1) is 9.26. The van der Waals surface area contributed by atoms with Crippen molar-refractivity contribution in [3.05, 3.63) is 28.2 Å². The lowest BCUT2D eigenvalue weighted by atomic mass is 10.1. The second-order valence-corrected chi connectivity index (χ2v) is 4.44. The van der Waals surface area contributed by atoms with Gasteiger partial charge in [-0.1, -0.05) is 0 Å². The molecule has 110 valence electrons. The van der Waals surface area contributed by atoms with E-state index < -0.39 is 24.8 Å². The lowest BCUT2D eigenvalue weighted by Gasteiger charge is -2.38. The fourth-order valence-corrected chi connectivity index (χ4v) is 1.70. The summed E-state index contributed by atoms with van der Waals surface area (Å²) in [5.74, 6) is -0.438. The van der Waals surface area contributed by atoms with Gasteiger partial charge in [0.05, 0.1) is 6.10 Å². The molecule has 6 nitrogen and oxygen atoms in total. The number of alkyl halides is 3. The Morgan fingerprint density at radius 1 is 1.45 bits per heavy atom. The Labute approximate surface area is 111 Å². The number of carbonyl (C=O) groups excluding carboxylic acids is 1. The standard InChI is InChI=1S/C11H12F3N3O3/c1-16-9(18)3-2-8(15-16)10(19)17-4-7(5-17)20-6-11(12,13)14/h2-3,7H,4-6H2,1H3. The second-order valence-electron chi connectivity index (χ2n) is 4.44. The van der Waals surface area contributed by atoms with Gasteiger partial charge in [0.1, 0.15) is 12.3 Å². The number of hydrogen-bond acceptors (Lipinski definition) is 4. The van der Waals surface area contributed by atoms with Crippen molar-refractivity contribution in [1.82, 2.24) is 14.7 Å². The Morgan fingerprint density at radius 2 is 2.10 bits per heavy atom. The van der Waals surface area contributed by atoms with Crippen molar-refractivity contribution in [3.63, 3.8) is 0 Å². The third kappa shape index (κ3) is 3.35. The molecule has 0 radical (unpaired) electrons. The topological polar surface area (TPSA) is 64.4 Å². The van der Waals surface area contributed by atoms with E-state index in [1.807, 2.05) is 0 Å². The molecule has 1 aliphatic rings. The summed E-state index contributed by atoms with van der Waals surface area (Å²) in [7, 11) is 1.41. The molecule has 0 aliphatic carbocycles. The Morgan fingerprint density at radius 3 is 2.65 bits per heavy atom. The number of carbonyl (C=O) groups is 1. The van der Waals surface area contributed by atoms with Crippen LogP contribution >= 0.6 is 0 Å². The molecule has 20 heavy (non-hydrogen) atoms. The van der Waals surface area contributed by atoms with Crippen molar-refractivity contribution >= 4 is 5.91 Å². The van der Waals surface area contributed by atoms with Crippen LogP contribution in [0.1, 0.15) is 10.5 Å². The van der Waals surface area contributed by atoms with Crippen LogP contribution < -0.4 is 5.56 Å². The van der Waals surface area contributed by atoms with Crippen molar-refractivity contribution < 1.29 is 22.7 Å². The molecule has 1 saturated heterocycles. The molecule has 9 heteroatoms. The maximum absolute atomic E-state index is 11.9. The Balaban J connectivity index is 1.87. The summed E-state index contributed by atoms with van der Waals surface area (Å²) >= 11 is 0. The smallest absolute Gasteiger partial charge is 0.365 e. The minimum atomic E-state index is -4.37. The molecule has 1 amide bonds. The summed E-state index contributed by atoms with van der Waals surface area (Å²) < 4.78 is 41.4. The SMILES string of the molecule is Cn1nc(C(=O)N2CC(OCC(F)(F)F)C2)ccc1=O. The van der Waals surface area contributed by atoms with Gasteiger partial charge in [-0.3, -0.25) is 9.59 Å². The number of nitrogens with zero attached hydrogens (tertiary/aromatic N) is 3. The number of rotatable bonds is 3. The summed E-state index contributed by atoms with van der Waals surface area (Å²) in [6.07, 6.45) is -4.99. The van der Waals surface area contributed by atoms with E-state index in [0.29, 0.717) is 0 Å². The van der Waals surface area contributed by atoms with Crippen LogP contribution in [0.2, 0.25) is 0 Å². The highest BCUT2D eigenvalue weighted by atomic mass is 19.4. The van der Waals surface area contributed by atoms with Crippen molar-refractivity contribution in [2.24, 2.45) is 7.05 Å². The molecule has 1 aromatic rings. The molecular formula is C11H12F3N3O3. The fourth-order valence-electron chi connectivity index (χ4n) is 1.70. The summed E-state index contributed by atoms with van der Waals surface area (Å²) in [5, 5.41) is 3.78. The van der Waals surface area contributed by atoms with Crippen LogP contribution in [-0.2, 0) is 11.8 Å². The van der Waals surface area contributed by atoms with E-state index in [2.05, 4.69) is 9.84 Å². The van der Waals surface area contributed by atoms with Gasteiger partial charge in [0.2, 0.25) is 0 Å². The number of aromatic nitrogens is 2. The average Bonchev–Trinajstić information content (AvgIpc) is 2.29. The Hall–Kier alpha value is -1.90. The van der Waals surface area contributed by atoms with Crippen LogP contribution in [0.5, 0.6) is 0 Å². The maximum Gasteiger partial charge on any atom is 0.411 e. The molecule has 0 aromatic carbocycles. The second kappa shape index (κ2) is 5.23. The van der Waals surface area contributed by atoms with Gasteiger partial charge in [0.15, 0.2) is 0 Å². The van der Waals surface area contributed by atoms with Crippen LogP contribution in [-0.4, -0.2) is 52.6 Å². The summed E-state index contributed by atoms with van der Waals surface area (Å²) in [5.41, 5.74) is -0.280. The predicted molar refractivity (Wildman–Crippen MR) is 61.2 cm³/mol. The van der Waals surface area contributed by atoms with Gasteiger partial charge in [0, 0.05) is 26.2 Å². The Bertz CT molecular complexity index is 564. The highest BCUT2D eigenvalue weighted by Gasteiger charge is 2.36. The zero-order valence-corrected chi connectivity index (χ0v) is 10.6. The molecule has 2 rings (SSSR count). The number of aryl methyl sites for hydroxylation is 1. The van der Waals surface area contributed by atoms with Gasteiger partial charge < -0.3 is 9.64 Å². The lowest BCUT2D eigenvalue weighted by Crippen LogP contribution is -2.55. The molecule has 0 unspecified atom stereocenters. The summed E-state index contributed by atoms with van der Waals surface area (Å²) in [4.78, 5) is 24.3. The fraction of sp³-hybridized carbons (Fsp3) is 0.545. The zero-order chi connectivity index (χ0) is 14.9. The van der Waals surface area contributed by atoms with Crippen molar-refractivity contribution in [2.75, 3.05) is 19.7 Å². The highest BCUT2D eigenvalue weighted by Crippen LogP contribution is 2.20. The molecule has 0 saturated carbocycles. The van der Waals surface area contributed by atoms with E-state index in [1.54, 1.807) is 0 Å². The van der Waals surface area contributed by atoms with Crippen LogP contribution in [0, 0.1) is 0 Å². The van der Waals surface area contributed by atoms with Gasteiger partial charge in [-0.2, -0.15) is 18.3 Å². The maximum atomic E-state index is 11.9. The van der Waals surface area contributed by atoms with E-state index in [4.69, 9.17) is 0 Å². The molecule has 1 aliphatic heterocycles. The third-order valence-corrected chi connectivity index (χ3v) is 2.80. The van der Waals surface area contributed by atoms with Crippen LogP contribution in [0.3, 0.4) is 0 Å². The van der Waals surface area contributed by atoms with Gasteiger partial charge in [-0.05, 0) is 6.07 Å². The van der Waals surface area contributed by atoms with E-state index in [-0.39, 0.29) is 24.3 Å². The largest absolute Gasteiger partial charge is 0.411 e. The molecule has 0 atom stereocenters. The van der Waals surface area contributed by atoms with Crippen LogP contribution in [0.15, 0.2) is 16.9 Å². The van der Waals surface area contributed by atoms with Gasteiger partial charge in [-0.15, -0.1) is 0 Å². The van der Waals surface area contributed by atoms with E-state index >= 15 is 0 Å². The quantitative estimate of drug-likeness (QED) is 0.797. The first kappa shape index (κ1) is 14.5. The first-order valence-electron chi connectivity index (χ1n) is 5.78. The molecular weight excluding hydrogens is 279 g/mol. The summed E-state index contributed by atoms with van der Waals surface area (Å²) in [6.45, 7) is -1.16. The number of hydrogen-bond donors (Lipinski definition) is 0. The van der Waals surface area contributed by atoms with Gasteiger partial charge >= 0.3 is 6.18 Å². The molecule has 0 spiro atoms. The van der Waals surface area contributed by atoms with Gasteiger partial charge in [-0.25, -0.2) is 4.68 Å². The minimum Gasteiger partial charge on any atom is -0.365 e. The van der Waals surface area contributed by atoms with Crippen molar-refractivity contribution in [1.29, 1.82) is 0 Å². The molecule has 1 aromatic heterocycles. The van der Waals surface area contributed by atoms with Crippen LogP contribution in [0.4, 0.5) is 13.2 Å². The van der Waals surface area contributed by atoms with Crippen molar-refractivity contribution in [2.45, 2.75) is 12.3 Å². The predicted octanol–water partition coefficient (Wildman–Crippen LogP) is 0.184. The zero-order valence-electron chi connectivity index (χ0n) is 10.6. The van der Waals surface area contributed by atoms with E-state index in [0.717, 1.165) is 4.68 Å². The number of likely N-dealkylation sites (tertiary alicyclic amines) is 1. The monoisotopic (exact) mass is 291 g/mol. The number of halogens is 3. The summed E-state index contributed by atoms with van der Waals surface area (Å²) in [6, 6.07) is 2.49. The minimum absolute atomic E-state index is 0.0707. The highest BCUT2D eigenvalue weighted by molar-refractivity contribution is 5.92. The van der Waals surface area contributed by atoms with E-state index in [1.165, 1.54) is 24.1 Å². The average molecular weight is 291 g/mol. The van der Waals surface area contributed by atoms with E-state index in [9.17, 15) is 22.8 Å². The number of ether oxygens (including phenoxy) is 1. The normalized spacial score (nSPS) is 16.1. The first-order valence-corrected chi connectivity index (χ1v) is 5.78. The Kier molecular flexibility index (Phi) is 3.80. The van der Waals surface area contributed by atoms with Crippen molar-refractivity contribution in [3.8, 4) is 0 Å².